The lowest BCUT2D eigenvalue weighted by Gasteiger charge is -2.09. The van der Waals surface area contributed by atoms with Crippen LogP contribution in [0.15, 0.2) is 22.9 Å². The van der Waals surface area contributed by atoms with E-state index >= 15 is 0 Å². The molecule has 0 saturated heterocycles. The summed E-state index contributed by atoms with van der Waals surface area (Å²) in [4.78, 5) is 11.7. The van der Waals surface area contributed by atoms with E-state index in [1.54, 1.807) is 6.07 Å². The maximum absolute atomic E-state index is 11.7. The maximum Gasteiger partial charge on any atom is 0.338 e. The molecule has 0 aliphatic rings. The van der Waals surface area contributed by atoms with E-state index in [9.17, 15) is 4.79 Å². The van der Waals surface area contributed by atoms with Gasteiger partial charge in [0.25, 0.3) is 0 Å². The van der Waals surface area contributed by atoms with Gasteiger partial charge in [-0.05, 0) is 36.6 Å². The summed E-state index contributed by atoms with van der Waals surface area (Å²) >= 11 is 0. The number of nitrogen functional groups attached to an aromatic ring is 1. The number of methoxy groups -OCH3 is 1. The largest absolute Gasteiger partial charge is 0.465 e. The monoisotopic (exact) mass is 246 g/mol. The number of nitrogens with two attached hydrogens (primary N) is 1. The molecule has 2 aromatic rings. The Kier molecular flexibility index (Phi) is 3.06. The average Bonchev–Trinajstić information content (AvgIpc) is 2.75. The van der Waals surface area contributed by atoms with Crippen LogP contribution < -0.4 is 5.73 Å². The Bertz CT molecular complexity index is 602. The molecule has 0 radical (unpaired) electrons. The van der Waals surface area contributed by atoms with Gasteiger partial charge in [-0.2, -0.15) is 0 Å². The van der Waals surface area contributed by atoms with Crippen LogP contribution in [0.25, 0.3) is 11.1 Å². The lowest BCUT2D eigenvalue weighted by atomic mass is 9.96. The van der Waals surface area contributed by atoms with E-state index in [-0.39, 0.29) is 11.9 Å². The highest BCUT2D eigenvalue weighted by atomic mass is 16.5. The highest BCUT2D eigenvalue weighted by Gasteiger charge is 2.16. The van der Waals surface area contributed by atoms with E-state index in [2.05, 4.69) is 5.16 Å². The van der Waals surface area contributed by atoms with E-state index in [4.69, 9.17) is 15.0 Å². The van der Waals surface area contributed by atoms with Gasteiger partial charge in [0, 0.05) is 0 Å². The normalized spacial score (nSPS) is 10.4. The molecular weight excluding hydrogens is 232 g/mol. The summed E-state index contributed by atoms with van der Waals surface area (Å²) in [5, 5.41) is 3.64. The Morgan fingerprint density at radius 1 is 1.28 bits per heavy atom. The number of rotatable bonds is 2. The van der Waals surface area contributed by atoms with Crippen LogP contribution in [0.1, 0.15) is 21.5 Å². The lowest BCUT2D eigenvalue weighted by molar-refractivity contribution is 0.0600. The fourth-order valence-electron chi connectivity index (χ4n) is 1.92. The molecule has 5 nitrogen and oxygen atoms in total. The molecule has 5 heteroatoms. The van der Waals surface area contributed by atoms with E-state index < -0.39 is 0 Å². The van der Waals surface area contributed by atoms with Crippen LogP contribution in [0.4, 0.5) is 5.88 Å². The van der Waals surface area contributed by atoms with Crippen molar-refractivity contribution in [2.24, 2.45) is 0 Å². The number of anilines is 1. The lowest BCUT2D eigenvalue weighted by Crippen LogP contribution is -2.05. The second kappa shape index (κ2) is 4.52. The first-order valence-corrected chi connectivity index (χ1v) is 5.44. The van der Waals surface area contributed by atoms with Gasteiger partial charge in [0.05, 0.1) is 24.4 Å². The predicted molar refractivity (Wildman–Crippen MR) is 67.2 cm³/mol. The Hall–Kier alpha value is -2.30. The van der Waals surface area contributed by atoms with Crippen LogP contribution in [0.3, 0.4) is 0 Å². The second-order valence-electron chi connectivity index (χ2n) is 4.08. The third-order valence-corrected chi connectivity index (χ3v) is 2.87. The average molecular weight is 246 g/mol. The minimum absolute atomic E-state index is 0.234. The molecule has 0 bridgehead atoms. The van der Waals surface area contributed by atoms with Gasteiger partial charge in [0.15, 0.2) is 0 Å². The van der Waals surface area contributed by atoms with Crippen molar-refractivity contribution >= 4 is 11.9 Å². The smallest absolute Gasteiger partial charge is 0.338 e. The van der Waals surface area contributed by atoms with Crippen molar-refractivity contribution in [1.82, 2.24) is 5.16 Å². The molecule has 1 aromatic heterocycles. The van der Waals surface area contributed by atoms with Crippen molar-refractivity contribution in [2.45, 2.75) is 13.8 Å². The second-order valence-corrected chi connectivity index (χ2v) is 4.08. The third kappa shape index (κ3) is 1.95. The molecule has 0 spiro atoms. The number of aromatic nitrogens is 1. The summed E-state index contributed by atoms with van der Waals surface area (Å²) in [5.74, 6) is -0.137. The maximum atomic E-state index is 11.7. The molecule has 2 rings (SSSR count). The molecule has 1 heterocycles. The molecule has 0 amide bonds. The Labute approximate surface area is 105 Å². The Balaban J connectivity index is 2.62. The van der Waals surface area contributed by atoms with Crippen molar-refractivity contribution in [3.05, 3.63) is 35.0 Å². The summed E-state index contributed by atoms with van der Waals surface area (Å²) in [6, 6.07) is 3.66. The molecule has 94 valence electrons. The van der Waals surface area contributed by atoms with Crippen molar-refractivity contribution in [2.75, 3.05) is 12.8 Å². The first kappa shape index (κ1) is 12.2. The van der Waals surface area contributed by atoms with E-state index in [1.807, 2.05) is 19.9 Å². The van der Waals surface area contributed by atoms with Crippen LogP contribution in [-0.4, -0.2) is 18.2 Å². The minimum Gasteiger partial charge on any atom is -0.465 e. The van der Waals surface area contributed by atoms with Crippen LogP contribution in [0, 0.1) is 13.8 Å². The number of benzene rings is 1. The third-order valence-electron chi connectivity index (χ3n) is 2.87. The fraction of sp³-hybridized carbons (Fsp3) is 0.231. The highest BCUT2D eigenvalue weighted by Crippen LogP contribution is 2.30. The van der Waals surface area contributed by atoms with Crippen molar-refractivity contribution in [3.8, 4) is 11.1 Å². The minimum atomic E-state index is -0.372. The summed E-state index contributed by atoms with van der Waals surface area (Å²) in [6.45, 7) is 3.80. The zero-order chi connectivity index (χ0) is 13.3. The number of hydrogen-bond donors (Lipinski definition) is 1. The summed E-state index contributed by atoms with van der Waals surface area (Å²) in [7, 11) is 1.36. The van der Waals surface area contributed by atoms with Gasteiger partial charge in [-0.1, -0.05) is 11.2 Å². The van der Waals surface area contributed by atoms with Crippen LogP contribution in [0.5, 0.6) is 0 Å². The van der Waals surface area contributed by atoms with E-state index in [0.717, 1.165) is 16.7 Å². The topological polar surface area (TPSA) is 78.3 Å². The van der Waals surface area contributed by atoms with Crippen LogP contribution in [-0.2, 0) is 4.74 Å². The van der Waals surface area contributed by atoms with Crippen LogP contribution in [0.2, 0.25) is 0 Å². The quantitative estimate of drug-likeness (QED) is 0.823. The number of hydrogen-bond acceptors (Lipinski definition) is 5. The molecule has 1 aromatic carbocycles. The molecular formula is C13H14N2O3. The first-order valence-electron chi connectivity index (χ1n) is 5.44. The van der Waals surface area contributed by atoms with Crippen molar-refractivity contribution < 1.29 is 14.1 Å². The SMILES string of the molecule is COC(=O)c1cc(-c2cnoc2N)c(C)cc1C. The summed E-state index contributed by atoms with van der Waals surface area (Å²) in [6.07, 6.45) is 1.54. The van der Waals surface area contributed by atoms with Gasteiger partial charge in [0.1, 0.15) is 0 Å². The van der Waals surface area contributed by atoms with Gasteiger partial charge >= 0.3 is 5.97 Å². The molecule has 2 N–H and O–H groups in total. The summed E-state index contributed by atoms with van der Waals surface area (Å²) in [5.41, 5.74) is 9.56. The molecule has 0 aliphatic carbocycles. The van der Waals surface area contributed by atoms with Crippen LogP contribution >= 0.6 is 0 Å². The predicted octanol–water partition coefficient (Wildman–Crippen LogP) is 2.33. The molecule has 0 aliphatic heterocycles. The van der Waals surface area contributed by atoms with Gasteiger partial charge in [0.2, 0.25) is 5.88 Å². The number of carbonyl (C=O) groups excluding carboxylic acids is 1. The zero-order valence-electron chi connectivity index (χ0n) is 10.5. The number of esters is 1. The highest BCUT2D eigenvalue weighted by molar-refractivity contribution is 5.93. The molecule has 0 fully saturated rings. The molecule has 0 saturated carbocycles. The van der Waals surface area contributed by atoms with Crippen molar-refractivity contribution in [3.63, 3.8) is 0 Å². The molecule has 18 heavy (non-hydrogen) atoms. The zero-order valence-corrected chi connectivity index (χ0v) is 10.5. The number of ether oxygens (including phenoxy) is 1. The van der Waals surface area contributed by atoms with E-state index in [0.29, 0.717) is 11.1 Å². The number of aryl methyl sites for hydroxylation is 2. The van der Waals surface area contributed by atoms with E-state index in [1.165, 1.54) is 13.3 Å². The standard InChI is InChI=1S/C13H14N2O3/c1-7-4-8(2)10(13(16)17-3)5-9(7)11-6-15-18-12(11)14/h4-6H,14H2,1-3H3. The summed E-state index contributed by atoms with van der Waals surface area (Å²) < 4.78 is 9.59. The fourth-order valence-corrected chi connectivity index (χ4v) is 1.92. The molecule has 0 unspecified atom stereocenters. The van der Waals surface area contributed by atoms with Gasteiger partial charge in [-0.3, -0.25) is 0 Å². The van der Waals surface area contributed by atoms with Gasteiger partial charge in [-0.15, -0.1) is 0 Å². The number of nitrogens with zero attached hydrogens (tertiary/aromatic N) is 1. The van der Waals surface area contributed by atoms with Gasteiger partial charge < -0.3 is 15.0 Å². The number of carbonyl (C=O) groups is 1. The molecule has 0 atom stereocenters. The Morgan fingerprint density at radius 2 is 2.00 bits per heavy atom. The first-order chi connectivity index (χ1) is 8.54. The van der Waals surface area contributed by atoms with Gasteiger partial charge in [-0.25, -0.2) is 4.79 Å². The van der Waals surface area contributed by atoms with Crippen molar-refractivity contribution in [1.29, 1.82) is 0 Å². The Morgan fingerprint density at radius 3 is 2.56 bits per heavy atom.